The van der Waals surface area contributed by atoms with Crippen molar-refractivity contribution in [2.45, 2.75) is 24.5 Å². The van der Waals surface area contributed by atoms with Crippen molar-refractivity contribution in [2.24, 2.45) is 0 Å². The number of ether oxygens (including phenoxy) is 1. The van der Waals surface area contributed by atoms with Gasteiger partial charge in [0.15, 0.2) is 0 Å². The van der Waals surface area contributed by atoms with E-state index in [0.717, 1.165) is 33.8 Å². The second-order valence-corrected chi connectivity index (χ2v) is 9.72. The summed E-state index contributed by atoms with van der Waals surface area (Å²) in [6.45, 7) is -2.66. The average Bonchev–Trinajstić information content (AvgIpc) is 2.83. The lowest BCUT2D eigenvalue weighted by atomic mass is 10.0. The summed E-state index contributed by atoms with van der Waals surface area (Å²) in [4.78, 5) is 8.82. The molecule has 1 aliphatic rings. The quantitative estimate of drug-likeness (QED) is 0.428. The maximum absolute atomic E-state index is 13.2. The Morgan fingerprint density at radius 1 is 1.03 bits per heavy atom. The molecular formula is C24H20F2N4O3S. The summed E-state index contributed by atoms with van der Waals surface area (Å²) in [5.74, 6) is 0.451. The van der Waals surface area contributed by atoms with Crippen LogP contribution in [0, 0.1) is 0 Å². The number of hydrogen-bond acceptors (Lipinski definition) is 6. The molecule has 2 aromatic heterocycles. The molecule has 5 rings (SSSR count). The molecule has 0 fully saturated rings. The van der Waals surface area contributed by atoms with Gasteiger partial charge < -0.3 is 10.1 Å². The van der Waals surface area contributed by atoms with Gasteiger partial charge in [0.05, 0.1) is 22.3 Å². The molecule has 0 unspecified atom stereocenters. The molecular weight excluding hydrogens is 462 g/mol. The number of anilines is 2. The lowest BCUT2D eigenvalue weighted by Gasteiger charge is -2.29. The SMILES string of the molecule is O=S(=O)(c1cccc(OC(F)F)c1)N1CCc2c(ccnc2Nc2cnc3ccccc3c2)C1. The largest absolute Gasteiger partial charge is 0.435 e. The van der Waals surface area contributed by atoms with Crippen LogP contribution >= 0.6 is 0 Å². The van der Waals surface area contributed by atoms with E-state index in [1.807, 2.05) is 30.3 Å². The van der Waals surface area contributed by atoms with Gasteiger partial charge in [-0.05, 0) is 42.3 Å². The summed E-state index contributed by atoms with van der Waals surface area (Å²) in [6.07, 6.45) is 3.80. The highest BCUT2D eigenvalue weighted by atomic mass is 32.2. The molecule has 0 saturated heterocycles. The van der Waals surface area contributed by atoms with E-state index in [9.17, 15) is 17.2 Å². The molecule has 0 saturated carbocycles. The predicted molar refractivity (Wildman–Crippen MR) is 124 cm³/mol. The molecule has 0 aliphatic carbocycles. The van der Waals surface area contributed by atoms with Gasteiger partial charge in [0.2, 0.25) is 10.0 Å². The molecule has 1 aliphatic heterocycles. The van der Waals surface area contributed by atoms with E-state index >= 15 is 0 Å². The molecule has 0 spiro atoms. The monoisotopic (exact) mass is 482 g/mol. The zero-order valence-electron chi connectivity index (χ0n) is 17.9. The van der Waals surface area contributed by atoms with Crippen molar-refractivity contribution in [1.29, 1.82) is 0 Å². The Hall–Kier alpha value is -3.63. The highest BCUT2D eigenvalue weighted by Gasteiger charge is 2.30. The first kappa shape index (κ1) is 22.2. The molecule has 0 atom stereocenters. The van der Waals surface area contributed by atoms with Crippen molar-refractivity contribution in [3.8, 4) is 5.75 Å². The van der Waals surface area contributed by atoms with Gasteiger partial charge in [0.1, 0.15) is 11.6 Å². The third-order valence-corrected chi connectivity index (χ3v) is 7.47. The maximum atomic E-state index is 13.2. The van der Waals surface area contributed by atoms with Gasteiger partial charge in [0.25, 0.3) is 0 Å². The minimum Gasteiger partial charge on any atom is -0.435 e. The smallest absolute Gasteiger partial charge is 0.387 e. The van der Waals surface area contributed by atoms with Gasteiger partial charge in [0, 0.05) is 36.3 Å². The molecule has 4 aromatic rings. The lowest BCUT2D eigenvalue weighted by Crippen LogP contribution is -2.36. The first-order valence-electron chi connectivity index (χ1n) is 10.5. The van der Waals surface area contributed by atoms with Crippen LogP contribution in [-0.2, 0) is 23.0 Å². The molecule has 3 heterocycles. The van der Waals surface area contributed by atoms with Crippen LogP contribution in [0.1, 0.15) is 11.1 Å². The van der Waals surface area contributed by atoms with Crippen LogP contribution in [0.15, 0.2) is 78.0 Å². The number of aromatic nitrogens is 2. The summed E-state index contributed by atoms with van der Waals surface area (Å²) in [5.41, 5.74) is 3.42. The Bertz CT molecular complexity index is 1460. The first-order chi connectivity index (χ1) is 16.4. The predicted octanol–water partition coefficient (Wildman–Crippen LogP) is 4.72. The van der Waals surface area contributed by atoms with E-state index in [1.165, 1.54) is 22.5 Å². The van der Waals surface area contributed by atoms with Crippen molar-refractivity contribution in [3.05, 3.63) is 84.2 Å². The second kappa shape index (κ2) is 8.96. The highest BCUT2D eigenvalue weighted by Crippen LogP contribution is 2.31. The number of hydrogen-bond donors (Lipinski definition) is 1. The van der Waals surface area contributed by atoms with Crippen LogP contribution < -0.4 is 10.1 Å². The van der Waals surface area contributed by atoms with Gasteiger partial charge in [-0.2, -0.15) is 13.1 Å². The zero-order valence-corrected chi connectivity index (χ0v) is 18.7. The van der Waals surface area contributed by atoms with Crippen LogP contribution in [-0.4, -0.2) is 35.8 Å². The van der Waals surface area contributed by atoms with Crippen LogP contribution in [0.2, 0.25) is 0 Å². The van der Waals surface area contributed by atoms with Gasteiger partial charge in [-0.3, -0.25) is 4.98 Å². The number of nitrogens with one attached hydrogen (secondary N) is 1. The van der Waals surface area contributed by atoms with Crippen LogP contribution in [0.3, 0.4) is 0 Å². The fourth-order valence-corrected chi connectivity index (χ4v) is 5.47. The van der Waals surface area contributed by atoms with E-state index in [1.54, 1.807) is 18.5 Å². The summed E-state index contributed by atoms with van der Waals surface area (Å²) < 4.78 is 57.1. The number of benzene rings is 2. The Balaban J connectivity index is 1.39. The molecule has 1 N–H and O–H groups in total. The third kappa shape index (κ3) is 4.42. The van der Waals surface area contributed by atoms with Crippen molar-refractivity contribution in [2.75, 3.05) is 11.9 Å². The van der Waals surface area contributed by atoms with Crippen LogP contribution in [0.25, 0.3) is 10.9 Å². The molecule has 2 aromatic carbocycles. The van der Waals surface area contributed by atoms with Crippen molar-refractivity contribution in [1.82, 2.24) is 14.3 Å². The molecule has 174 valence electrons. The fraction of sp³-hybridized carbons (Fsp3) is 0.167. The van der Waals surface area contributed by atoms with Gasteiger partial charge in [-0.25, -0.2) is 13.4 Å². The van der Waals surface area contributed by atoms with Crippen molar-refractivity contribution < 1.29 is 21.9 Å². The summed E-state index contributed by atoms with van der Waals surface area (Å²) >= 11 is 0. The maximum Gasteiger partial charge on any atom is 0.387 e. The number of halogens is 2. The number of sulfonamides is 1. The second-order valence-electron chi connectivity index (χ2n) is 7.78. The average molecular weight is 483 g/mol. The van der Waals surface area contributed by atoms with E-state index in [-0.39, 0.29) is 23.7 Å². The minimum atomic E-state index is -3.90. The molecule has 0 bridgehead atoms. The topological polar surface area (TPSA) is 84.4 Å². The van der Waals surface area contributed by atoms with Gasteiger partial charge in [-0.15, -0.1) is 0 Å². The summed E-state index contributed by atoms with van der Waals surface area (Å²) in [5, 5.41) is 4.30. The number of fused-ring (bicyclic) bond motifs is 2. The molecule has 10 heteroatoms. The van der Waals surface area contributed by atoms with Crippen LogP contribution in [0.5, 0.6) is 5.75 Å². The lowest BCUT2D eigenvalue weighted by molar-refractivity contribution is -0.0500. The number of pyridine rings is 2. The normalized spacial score (nSPS) is 14.2. The zero-order chi connectivity index (χ0) is 23.7. The van der Waals surface area contributed by atoms with Crippen molar-refractivity contribution >= 4 is 32.4 Å². The number of alkyl halides is 2. The fourth-order valence-electron chi connectivity index (χ4n) is 4.01. The molecule has 0 amide bonds. The number of para-hydroxylation sites is 1. The number of nitrogens with zero attached hydrogens (tertiary/aromatic N) is 3. The summed E-state index contributed by atoms with van der Waals surface area (Å²) in [6, 6.07) is 16.7. The minimum absolute atomic E-state index is 0.0938. The van der Waals surface area contributed by atoms with E-state index in [2.05, 4.69) is 20.0 Å². The van der Waals surface area contributed by atoms with Crippen LogP contribution in [0.4, 0.5) is 20.3 Å². The highest BCUT2D eigenvalue weighted by molar-refractivity contribution is 7.89. The Morgan fingerprint density at radius 2 is 1.88 bits per heavy atom. The molecule has 7 nitrogen and oxygen atoms in total. The Morgan fingerprint density at radius 3 is 2.74 bits per heavy atom. The molecule has 0 radical (unpaired) electrons. The van der Waals surface area contributed by atoms with E-state index in [0.29, 0.717) is 12.2 Å². The number of rotatable bonds is 6. The van der Waals surface area contributed by atoms with Gasteiger partial charge >= 0.3 is 6.61 Å². The van der Waals surface area contributed by atoms with Crippen molar-refractivity contribution in [3.63, 3.8) is 0 Å². The Labute approximate surface area is 195 Å². The molecule has 34 heavy (non-hydrogen) atoms. The van der Waals surface area contributed by atoms with Gasteiger partial charge in [-0.1, -0.05) is 24.3 Å². The Kier molecular flexibility index (Phi) is 5.84. The standard InChI is InChI=1S/C24H20F2N4O3S/c25-24(26)33-19-5-3-6-20(13-19)34(31,32)30-11-9-21-17(15-30)8-10-27-23(21)29-18-12-16-4-1-2-7-22(16)28-14-18/h1-8,10,12-14,24H,9,11,15H2,(H,27,29). The first-order valence-corrected chi connectivity index (χ1v) is 12.0. The van der Waals surface area contributed by atoms with E-state index in [4.69, 9.17) is 0 Å². The summed E-state index contributed by atoms with van der Waals surface area (Å²) in [7, 11) is -3.90. The van der Waals surface area contributed by atoms with E-state index < -0.39 is 16.6 Å². The third-order valence-electron chi connectivity index (χ3n) is 5.63.